The number of rotatable bonds is 3. The van der Waals surface area contributed by atoms with Gasteiger partial charge in [-0.2, -0.15) is 13.2 Å². The van der Waals surface area contributed by atoms with Crippen LogP contribution < -0.4 is 5.73 Å². The molecule has 0 radical (unpaired) electrons. The zero-order valence-electron chi connectivity index (χ0n) is 14.7. The van der Waals surface area contributed by atoms with Crippen molar-refractivity contribution in [1.82, 2.24) is 4.98 Å². The molecule has 0 saturated heterocycles. The number of hydrogen-bond donors (Lipinski definition) is 2. The van der Waals surface area contributed by atoms with Crippen LogP contribution in [0.2, 0.25) is 5.02 Å². The molecule has 1 aliphatic carbocycles. The van der Waals surface area contributed by atoms with Gasteiger partial charge in [-0.3, -0.25) is 0 Å². The Morgan fingerprint density at radius 2 is 1.93 bits per heavy atom. The predicted molar refractivity (Wildman–Crippen MR) is 102 cm³/mol. The van der Waals surface area contributed by atoms with Crippen molar-refractivity contribution < 1.29 is 13.2 Å². The minimum Gasteiger partial charge on any atom is -0.357 e. The van der Waals surface area contributed by atoms with E-state index in [4.69, 9.17) is 17.3 Å². The Morgan fingerprint density at radius 1 is 1.15 bits per heavy atom. The molecule has 0 aliphatic heterocycles. The fraction of sp³-hybridized carbons (Fsp3) is 0.333. The van der Waals surface area contributed by atoms with Gasteiger partial charge in [0.05, 0.1) is 16.1 Å². The Bertz CT molecular complexity index is 993. The number of fused-ring (bicyclic) bond motifs is 3. The number of para-hydroxylation sites is 1. The van der Waals surface area contributed by atoms with Gasteiger partial charge in [0.25, 0.3) is 0 Å². The highest BCUT2D eigenvalue weighted by Crippen LogP contribution is 2.40. The molecule has 0 saturated carbocycles. The van der Waals surface area contributed by atoms with E-state index in [9.17, 15) is 13.2 Å². The first-order chi connectivity index (χ1) is 12.8. The van der Waals surface area contributed by atoms with Gasteiger partial charge in [-0.15, -0.1) is 0 Å². The summed E-state index contributed by atoms with van der Waals surface area (Å²) in [6.07, 6.45) is -0.663. The van der Waals surface area contributed by atoms with E-state index in [1.807, 2.05) is 18.2 Å². The van der Waals surface area contributed by atoms with Gasteiger partial charge < -0.3 is 10.7 Å². The van der Waals surface area contributed by atoms with Crippen LogP contribution in [0.3, 0.4) is 0 Å². The monoisotopic (exact) mass is 392 g/mol. The molecule has 3 aromatic rings. The van der Waals surface area contributed by atoms with E-state index in [0.29, 0.717) is 18.4 Å². The van der Waals surface area contributed by atoms with Crippen molar-refractivity contribution in [2.45, 2.75) is 43.8 Å². The van der Waals surface area contributed by atoms with Crippen molar-refractivity contribution in [2.24, 2.45) is 5.73 Å². The maximum absolute atomic E-state index is 13.1. The normalized spacial score (nSPS) is 20.0. The number of aromatic nitrogens is 1. The molecule has 142 valence electrons. The van der Waals surface area contributed by atoms with E-state index in [0.717, 1.165) is 36.5 Å². The summed E-state index contributed by atoms with van der Waals surface area (Å²) < 4.78 is 39.3. The molecule has 2 nitrogen and oxygen atoms in total. The third kappa shape index (κ3) is 3.34. The molecule has 3 N–H and O–H groups in total. The van der Waals surface area contributed by atoms with Crippen molar-refractivity contribution in [3.8, 4) is 0 Å². The molecular formula is C21H20ClF3N2. The largest absolute Gasteiger partial charge is 0.417 e. The van der Waals surface area contributed by atoms with E-state index in [1.165, 1.54) is 17.0 Å². The quantitative estimate of drug-likeness (QED) is 0.567. The number of H-pyrrole nitrogens is 1. The molecule has 1 heterocycles. The van der Waals surface area contributed by atoms with Crippen molar-refractivity contribution in [3.63, 3.8) is 0 Å². The summed E-state index contributed by atoms with van der Waals surface area (Å²) in [5, 5.41) is 0.914. The molecule has 0 fully saturated rings. The van der Waals surface area contributed by atoms with Crippen LogP contribution in [0.5, 0.6) is 0 Å². The van der Waals surface area contributed by atoms with Gasteiger partial charge in [-0.25, -0.2) is 0 Å². The Morgan fingerprint density at radius 3 is 2.70 bits per heavy atom. The molecule has 1 aliphatic rings. The second kappa shape index (κ2) is 6.57. The standard InChI is InChI=1S/C21H20ClF3N2/c22-17-8-7-13(12-16(17)21(23,24)25)9-11-20(26)10-3-5-15-14-4-1-2-6-18(14)27-19(15)20/h1-2,4,6-8,12,27H,3,5,9-11,26H2. The molecule has 0 spiro atoms. The Labute approximate surface area is 160 Å². The fourth-order valence-corrected chi connectivity index (χ4v) is 4.38. The third-order valence-corrected chi connectivity index (χ3v) is 5.89. The summed E-state index contributed by atoms with van der Waals surface area (Å²) in [5.74, 6) is 0. The van der Waals surface area contributed by atoms with Crippen LogP contribution >= 0.6 is 11.6 Å². The second-order valence-electron chi connectivity index (χ2n) is 7.35. The zero-order valence-corrected chi connectivity index (χ0v) is 15.4. The van der Waals surface area contributed by atoms with Crippen LogP contribution in [0, 0.1) is 0 Å². The van der Waals surface area contributed by atoms with Crippen LogP contribution in [0.15, 0.2) is 42.5 Å². The van der Waals surface area contributed by atoms with E-state index < -0.39 is 17.3 Å². The number of nitrogens with two attached hydrogens (primary N) is 1. The van der Waals surface area contributed by atoms with Gasteiger partial charge >= 0.3 is 6.18 Å². The first-order valence-electron chi connectivity index (χ1n) is 9.02. The lowest BCUT2D eigenvalue weighted by Crippen LogP contribution is -2.40. The average molecular weight is 393 g/mol. The summed E-state index contributed by atoms with van der Waals surface area (Å²) in [6.45, 7) is 0. The van der Waals surface area contributed by atoms with Gasteiger partial charge in [0.2, 0.25) is 0 Å². The molecule has 0 amide bonds. The lowest BCUT2D eigenvalue weighted by Gasteiger charge is -2.34. The summed E-state index contributed by atoms with van der Waals surface area (Å²) in [7, 11) is 0. The molecule has 4 rings (SSSR count). The lowest BCUT2D eigenvalue weighted by atomic mass is 9.77. The topological polar surface area (TPSA) is 41.8 Å². The van der Waals surface area contributed by atoms with E-state index in [1.54, 1.807) is 6.07 Å². The number of nitrogens with one attached hydrogen (secondary N) is 1. The predicted octanol–water partition coefficient (Wildman–Crippen LogP) is 5.96. The first-order valence-corrected chi connectivity index (χ1v) is 9.40. The van der Waals surface area contributed by atoms with Gasteiger partial charge in [0.1, 0.15) is 0 Å². The maximum Gasteiger partial charge on any atom is 0.417 e. The van der Waals surface area contributed by atoms with Crippen LogP contribution in [0.25, 0.3) is 10.9 Å². The summed E-state index contributed by atoms with van der Waals surface area (Å²) in [6, 6.07) is 12.2. The Kier molecular flexibility index (Phi) is 4.47. The van der Waals surface area contributed by atoms with Gasteiger partial charge in [-0.1, -0.05) is 35.9 Å². The molecule has 1 aromatic heterocycles. The highest BCUT2D eigenvalue weighted by molar-refractivity contribution is 6.31. The van der Waals surface area contributed by atoms with Crippen molar-refractivity contribution in [1.29, 1.82) is 0 Å². The Balaban J connectivity index is 1.63. The van der Waals surface area contributed by atoms with Crippen LogP contribution in [0.1, 0.15) is 41.6 Å². The number of alkyl halides is 3. The van der Waals surface area contributed by atoms with Crippen LogP contribution in [0.4, 0.5) is 13.2 Å². The molecule has 6 heteroatoms. The average Bonchev–Trinajstić information content (AvgIpc) is 3.01. The number of aryl methyl sites for hydroxylation is 2. The van der Waals surface area contributed by atoms with E-state index in [2.05, 4.69) is 11.1 Å². The smallest absolute Gasteiger partial charge is 0.357 e. The summed E-state index contributed by atoms with van der Waals surface area (Å²) >= 11 is 5.72. The van der Waals surface area contributed by atoms with Crippen LogP contribution in [-0.4, -0.2) is 4.98 Å². The summed E-state index contributed by atoms with van der Waals surface area (Å²) in [4.78, 5) is 3.46. The molecule has 1 atom stereocenters. The molecule has 0 bridgehead atoms. The van der Waals surface area contributed by atoms with Gasteiger partial charge in [0, 0.05) is 16.6 Å². The molecular weight excluding hydrogens is 373 g/mol. The lowest BCUT2D eigenvalue weighted by molar-refractivity contribution is -0.137. The van der Waals surface area contributed by atoms with E-state index >= 15 is 0 Å². The highest BCUT2D eigenvalue weighted by Gasteiger charge is 2.36. The zero-order chi connectivity index (χ0) is 19.2. The molecule has 2 aromatic carbocycles. The van der Waals surface area contributed by atoms with E-state index in [-0.39, 0.29) is 5.02 Å². The number of halogens is 4. The number of benzene rings is 2. The number of hydrogen-bond acceptors (Lipinski definition) is 1. The van der Waals surface area contributed by atoms with Crippen LogP contribution in [-0.2, 0) is 24.6 Å². The van der Waals surface area contributed by atoms with Gasteiger partial charge in [0.15, 0.2) is 0 Å². The second-order valence-corrected chi connectivity index (χ2v) is 7.75. The van der Waals surface area contributed by atoms with Crippen molar-refractivity contribution in [3.05, 3.63) is 69.9 Å². The molecule has 27 heavy (non-hydrogen) atoms. The summed E-state index contributed by atoms with van der Waals surface area (Å²) in [5.41, 5.74) is 9.33. The van der Waals surface area contributed by atoms with Crippen molar-refractivity contribution >= 4 is 22.5 Å². The number of aromatic amines is 1. The third-order valence-electron chi connectivity index (χ3n) is 5.56. The fourth-order valence-electron chi connectivity index (χ4n) is 4.15. The van der Waals surface area contributed by atoms with Gasteiger partial charge in [-0.05, 0) is 61.4 Å². The molecule has 1 unspecified atom stereocenters. The highest BCUT2D eigenvalue weighted by atomic mass is 35.5. The Hall–Kier alpha value is -1.98. The SMILES string of the molecule is NC1(CCc2ccc(Cl)c(C(F)(F)F)c2)CCCc2c1[nH]c1ccccc21. The minimum absolute atomic E-state index is 0.274. The maximum atomic E-state index is 13.1. The van der Waals surface area contributed by atoms with Crippen molar-refractivity contribution in [2.75, 3.05) is 0 Å². The first kappa shape index (κ1) is 18.4. The minimum atomic E-state index is -4.46.